The SMILES string of the molecule is COc1ccccc1OCCC(=O)NN(C)C. The third-order valence-corrected chi connectivity index (χ3v) is 2.00. The summed E-state index contributed by atoms with van der Waals surface area (Å²) in [6, 6.07) is 7.35. The molecule has 5 nitrogen and oxygen atoms in total. The highest BCUT2D eigenvalue weighted by Crippen LogP contribution is 2.25. The number of hydrogen-bond donors (Lipinski definition) is 1. The number of nitrogens with zero attached hydrogens (tertiary/aromatic N) is 1. The Balaban J connectivity index is 2.38. The summed E-state index contributed by atoms with van der Waals surface area (Å²) in [5, 5.41) is 1.60. The molecule has 0 aromatic heterocycles. The van der Waals surface area contributed by atoms with Crippen molar-refractivity contribution in [2.75, 3.05) is 27.8 Å². The highest BCUT2D eigenvalue weighted by molar-refractivity contribution is 5.75. The van der Waals surface area contributed by atoms with E-state index in [2.05, 4.69) is 5.43 Å². The number of nitrogens with one attached hydrogen (secondary N) is 1. The molecule has 1 aromatic rings. The van der Waals surface area contributed by atoms with E-state index in [0.717, 1.165) is 0 Å². The van der Waals surface area contributed by atoms with Crippen LogP contribution in [0.4, 0.5) is 0 Å². The van der Waals surface area contributed by atoms with Gasteiger partial charge in [0.1, 0.15) is 0 Å². The van der Waals surface area contributed by atoms with E-state index in [4.69, 9.17) is 9.47 Å². The van der Waals surface area contributed by atoms with Gasteiger partial charge < -0.3 is 9.47 Å². The lowest BCUT2D eigenvalue weighted by atomic mass is 10.3. The minimum Gasteiger partial charge on any atom is -0.493 e. The van der Waals surface area contributed by atoms with Crippen molar-refractivity contribution in [3.05, 3.63) is 24.3 Å². The van der Waals surface area contributed by atoms with Crippen LogP contribution in [-0.2, 0) is 4.79 Å². The summed E-state index contributed by atoms with van der Waals surface area (Å²) < 4.78 is 10.6. The van der Waals surface area contributed by atoms with E-state index in [1.807, 2.05) is 24.3 Å². The maximum atomic E-state index is 11.3. The van der Waals surface area contributed by atoms with Crippen LogP contribution >= 0.6 is 0 Å². The van der Waals surface area contributed by atoms with Crippen LogP contribution in [0.25, 0.3) is 0 Å². The average Bonchev–Trinajstić information content (AvgIpc) is 2.28. The van der Waals surface area contributed by atoms with Crippen LogP contribution in [0.1, 0.15) is 6.42 Å². The lowest BCUT2D eigenvalue weighted by Gasteiger charge is -2.13. The number of hydrazine groups is 1. The van der Waals surface area contributed by atoms with Crippen molar-refractivity contribution in [1.29, 1.82) is 0 Å². The standard InChI is InChI=1S/C12H18N2O3/c1-14(2)13-12(15)8-9-17-11-7-5-4-6-10(11)16-3/h4-7H,8-9H2,1-3H3,(H,13,15). The topological polar surface area (TPSA) is 50.8 Å². The van der Waals surface area contributed by atoms with Gasteiger partial charge in [0.25, 0.3) is 0 Å². The first-order valence-corrected chi connectivity index (χ1v) is 5.36. The largest absolute Gasteiger partial charge is 0.493 e. The third kappa shape index (κ3) is 4.74. The van der Waals surface area contributed by atoms with E-state index in [1.165, 1.54) is 0 Å². The Morgan fingerprint density at radius 2 is 1.94 bits per heavy atom. The van der Waals surface area contributed by atoms with Gasteiger partial charge in [-0.3, -0.25) is 10.2 Å². The summed E-state index contributed by atoms with van der Waals surface area (Å²) in [5.41, 5.74) is 2.64. The summed E-state index contributed by atoms with van der Waals surface area (Å²) >= 11 is 0. The van der Waals surface area contributed by atoms with E-state index < -0.39 is 0 Å². The van der Waals surface area contributed by atoms with Crippen LogP contribution in [0, 0.1) is 0 Å². The minimum absolute atomic E-state index is 0.0788. The molecule has 0 heterocycles. The summed E-state index contributed by atoms with van der Waals surface area (Å²) in [5.74, 6) is 1.23. The fourth-order valence-corrected chi connectivity index (χ4v) is 1.30. The molecule has 1 N–H and O–H groups in total. The molecule has 0 spiro atoms. The summed E-state index contributed by atoms with van der Waals surface area (Å²) in [6.07, 6.45) is 0.302. The number of para-hydroxylation sites is 2. The molecule has 1 amide bonds. The van der Waals surface area contributed by atoms with Crippen molar-refractivity contribution in [3.63, 3.8) is 0 Å². The quantitative estimate of drug-likeness (QED) is 0.753. The van der Waals surface area contributed by atoms with Crippen molar-refractivity contribution in [2.24, 2.45) is 0 Å². The maximum absolute atomic E-state index is 11.3. The Labute approximate surface area is 101 Å². The molecule has 0 bridgehead atoms. The molecular weight excluding hydrogens is 220 g/mol. The first-order chi connectivity index (χ1) is 8.13. The monoisotopic (exact) mass is 238 g/mol. The van der Waals surface area contributed by atoms with Crippen LogP contribution in [0.15, 0.2) is 24.3 Å². The van der Waals surface area contributed by atoms with E-state index >= 15 is 0 Å². The first kappa shape index (κ1) is 13.3. The third-order valence-electron chi connectivity index (χ3n) is 2.00. The van der Waals surface area contributed by atoms with Crippen LogP contribution in [0.3, 0.4) is 0 Å². The molecular formula is C12H18N2O3. The van der Waals surface area contributed by atoms with Crippen LogP contribution in [0.5, 0.6) is 11.5 Å². The second-order valence-electron chi connectivity index (χ2n) is 3.68. The molecule has 17 heavy (non-hydrogen) atoms. The molecule has 0 atom stereocenters. The molecule has 0 fully saturated rings. The number of carbonyl (C=O) groups is 1. The average molecular weight is 238 g/mol. The normalized spacial score (nSPS) is 10.1. The Morgan fingerprint density at radius 3 is 2.53 bits per heavy atom. The second-order valence-corrected chi connectivity index (χ2v) is 3.68. The Hall–Kier alpha value is -1.75. The van der Waals surface area contributed by atoms with E-state index in [-0.39, 0.29) is 5.91 Å². The fraction of sp³-hybridized carbons (Fsp3) is 0.417. The van der Waals surface area contributed by atoms with Gasteiger partial charge >= 0.3 is 0 Å². The Bertz CT molecular complexity index is 367. The molecule has 0 aliphatic rings. The summed E-state index contributed by atoms with van der Waals surface area (Å²) in [7, 11) is 5.11. The van der Waals surface area contributed by atoms with Crippen molar-refractivity contribution in [2.45, 2.75) is 6.42 Å². The van der Waals surface area contributed by atoms with Gasteiger partial charge in [-0.2, -0.15) is 0 Å². The number of hydrogen-bond acceptors (Lipinski definition) is 4. The zero-order valence-corrected chi connectivity index (χ0v) is 10.4. The first-order valence-electron chi connectivity index (χ1n) is 5.36. The predicted octanol–water partition coefficient (Wildman–Crippen LogP) is 1.06. The van der Waals surface area contributed by atoms with E-state index in [0.29, 0.717) is 24.5 Å². The smallest absolute Gasteiger partial charge is 0.237 e. The van der Waals surface area contributed by atoms with Gasteiger partial charge in [0, 0.05) is 14.1 Å². The molecule has 5 heteroatoms. The van der Waals surface area contributed by atoms with E-state index in [1.54, 1.807) is 26.2 Å². The highest BCUT2D eigenvalue weighted by Gasteiger charge is 2.05. The summed E-state index contributed by atoms with van der Waals surface area (Å²) in [6.45, 7) is 0.319. The van der Waals surface area contributed by atoms with Crippen molar-refractivity contribution in [3.8, 4) is 11.5 Å². The van der Waals surface area contributed by atoms with Gasteiger partial charge in [0.15, 0.2) is 11.5 Å². The minimum atomic E-state index is -0.0788. The Kier molecular flexibility index (Phi) is 5.29. The number of amides is 1. The van der Waals surface area contributed by atoms with Gasteiger partial charge in [-0.1, -0.05) is 12.1 Å². The second kappa shape index (κ2) is 6.75. The van der Waals surface area contributed by atoms with Crippen molar-refractivity contribution in [1.82, 2.24) is 10.4 Å². The number of benzene rings is 1. The number of rotatable bonds is 6. The number of methoxy groups -OCH3 is 1. The zero-order chi connectivity index (χ0) is 12.7. The van der Waals surface area contributed by atoms with Crippen LogP contribution < -0.4 is 14.9 Å². The fourth-order valence-electron chi connectivity index (χ4n) is 1.30. The molecule has 0 aliphatic carbocycles. The highest BCUT2D eigenvalue weighted by atomic mass is 16.5. The molecule has 0 radical (unpaired) electrons. The molecule has 0 aliphatic heterocycles. The van der Waals surface area contributed by atoms with Gasteiger partial charge in [0.2, 0.25) is 5.91 Å². The number of ether oxygens (including phenoxy) is 2. The lowest BCUT2D eigenvalue weighted by molar-refractivity contribution is -0.125. The van der Waals surface area contributed by atoms with Crippen LogP contribution in [-0.4, -0.2) is 38.7 Å². The predicted molar refractivity (Wildman–Crippen MR) is 64.9 cm³/mol. The molecule has 94 valence electrons. The van der Waals surface area contributed by atoms with E-state index in [9.17, 15) is 4.79 Å². The molecule has 0 saturated carbocycles. The van der Waals surface area contributed by atoms with Crippen LogP contribution in [0.2, 0.25) is 0 Å². The van der Waals surface area contributed by atoms with Gasteiger partial charge in [-0.25, -0.2) is 5.01 Å². The zero-order valence-electron chi connectivity index (χ0n) is 10.4. The molecule has 1 rings (SSSR count). The maximum Gasteiger partial charge on any atom is 0.237 e. The molecule has 1 aromatic carbocycles. The van der Waals surface area contributed by atoms with Crippen molar-refractivity contribution < 1.29 is 14.3 Å². The number of carbonyl (C=O) groups excluding carboxylic acids is 1. The van der Waals surface area contributed by atoms with Gasteiger partial charge in [-0.15, -0.1) is 0 Å². The van der Waals surface area contributed by atoms with Gasteiger partial charge in [-0.05, 0) is 12.1 Å². The lowest BCUT2D eigenvalue weighted by Crippen LogP contribution is -2.36. The Morgan fingerprint density at radius 1 is 1.29 bits per heavy atom. The molecule has 0 saturated heterocycles. The summed E-state index contributed by atoms with van der Waals surface area (Å²) in [4.78, 5) is 11.3. The molecule has 0 unspecified atom stereocenters. The van der Waals surface area contributed by atoms with Gasteiger partial charge in [0.05, 0.1) is 20.1 Å². The van der Waals surface area contributed by atoms with Crippen molar-refractivity contribution >= 4 is 5.91 Å².